The molecule has 7 heteroatoms. The molecule has 0 radical (unpaired) electrons. The number of anilines is 1. The molecule has 1 aliphatic carbocycles. The maximum Gasteiger partial charge on any atom is 0.256 e. The summed E-state index contributed by atoms with van der Waals surface area (Å²) in [5.41, 5.74) is 5.77. The Bertz CT molecular complexity index is 1420. The summed E-state index contributed by atoms with van der Waals surface area (Å²) >= 11 is 4.92. The van der Waals surface area contributed by atoms with Gasteiger partial charge in [0.25, 0.3) is 5.91 Å². The quantitative estimate of drug-likeness (QED) is 0.395. The third-order valence-corrected chi connectivity index (χ3v) is 7.98. The Hall–Kier alpha value is -2.77. The Morgan fingerprint density at radius 1 is 1.18 bits per heavy atom. The molecule has 0 fully saturated rings. The highest BCUT2D eigenvalue weighted by Gasteiger charge is 2.43. The van der Waals surface area contributed by atoms with Gasteiger partial charge in [-0.25, -0.2) is 4.98 Å². The van der Waals surface area contributed by atoms with E-state index in [4.69, 9.17) is 0 Å². The highest BCUT2D eigenvalue weighted by atomic mass is 79.9. The lowest BCUT2D eigenvalue weighted by atomic mass is 9.68. The van der Waals surface area contributed by atoms with Gasteiger partial charge in [0.1, 0.15) is 0 Å². The number of rotatable bonds is 3. The molecule has 0 saturated heterocycles. The first-order valence-electron chi connectivity index (χ1n) is 11.3. The number of amides is 1. The van der Waals surface area contributed by atoms with Crippen molar-refractivity contribution in [1.82, 2.24) is 10.3 Å². The Balaban J connectivity index is 1.58. The number of hydrogen-bond donors (Lipinski definition) is 2. The summed E-state index contributed by atoms with van der Waals surface area (Å²) in [5.74, 6) is -0.542. The van der Waals surface area contributed by atoms with Crippen molar-refractivity contribution >= 4 is 54.3 Å². The van der Waals surface area contributed by atoms with E-state index in [0.29, 0.717) is 17.1 Å². The minimum absolute atomic E-state index is 0.106. The van der Waals surface area contributed by atoms with E-state index in [1.165, 1.54) is 11.3 Å². The molecule has 1 amide bonds. The second-order valence-corrected chi connectivity index (χ2v) is 11.8. The number of benzene rings is 2. The van der Waals surface area contributed by atoms with Gasteiger partial charge in [0.15, 0.2) is 10.9 Å². The number of ketones is 1. The van der Waals surface area contributed by atoms with Crippen LogP contribution in [0.5, 0.6) is 0 Å². The van der Waals surface area contributed by atoms with Crippen LogP contribution in [-0.2, 0) is 9.59 Å². The molecule has 1 aromatic heterocycles. The molecule has 3 aromatic rings. The summed E-state index contributed by atoms with van der Waals surface area (Å²) in [6.07, 6.45) is 1.24. The third kappa shape index (κ3) is 4.12. The van der Waals surface area contributed by atoms with E-state index in [1.807, 2.05) is 56.3 Å². The van der Waals surface area contributed by atoms with E-state index in [9.17, 15) is 9.59 Å². The number of thiazole rings is 1. The number of dihydropyridines is 1. The number of aromatic nitrogens is 1. The Kier molecular flexibility index (Phi) is 5.73. The second-order valence-electron chi connectivity index (χ2n) is 9.87. The summed E-state index contributed by atoms with van der Waals surface area (Å²) in [6.45, 7) is 8.19. The average Bonchev–Trinajstić information content (AvgIpc) is 3.13. The number of nitrogens with zero attached hydrogens (tertiary/aromatic N) is 1. The van der Waals surface area contributed by atoms with Gasteiger partial charge < -0.3 is 5.32 Å². The minimum atomic E-state index is -0.412. The first-order chi connectivity index (χ1) is 16.1. The minimum Gasteiger partial charge on any atom is -0.362 e. The lowest BCUT2D eigenvalue weighted by Crippen LogP contribution is -2.39. The van der Waals surface area contributed by atoms with Crippen LogP contribution in [-0.4, -0.2) is 16.7 Å². The zero-order valence-corrected chi connectivity index (χ0v) is 22.0. The molecule has 0 spiro atoms. The summed E-state index contributed by atoms with van der Waals surface area (Å²) in [4.78, 5) is 31.8. The van der Waals surface area contributed by atoms with Gasteiger partial charge in [0.2, 0.25) is 0 Å². The van der Waals surface area contributed by atoms with Gasteiger partial charge in [0.05, 0.1) is 10.2 Å². The van der Waals surface area contributed by atoms with Crippen LogP contribution in [0.3, 0.4) is 0 Å². The van der Waals surface area contributed by atoms with Gasteiger partial charge in [0, 0.05) is 39.4 Å². The van der Waals surface area contributed by atoms with Crippen LogP contribution in [0.4, 0.5) is 5.13 Å². The number of Topliss-reactive ketones (excluding diaryl/α,β-unsaturated/α-hetero) is 1. The van der Waals surface area contributed by atoms with Crippen molar-refractivity contribution in [1.29, 1.82) is 0 Å². The predicted octanol–water partition coefficient (Wildman–Crippen LogP) is 6.61. The van der Waals surface area contributed by atoms with Crippen LogP contribution in [0, 0.1) is 12.3 Å². The van der Waals surface area contributed by atoms with Crippen molar-refractivity contribution in [2.24, 2.45) is 5.41 Å². The summed E-state index contributed by atoms with van der Waals surface area (Å²) in [6, 6.07) is 13.9. The largest absolute Gasteiger partial charge is 0.362 e. The van der Waals surface area contributed by atoms with E-state index in [0.717, 1.165) is 49.2 Å². The molecule has 174 valence electrons. The molecular formula is C27H26BrN3O2S. The summed E-state index contributed by atoms with van der Waals surface area (Å²) in [5, 5.41) is 6.99. The Labute approximate surface area is 211 Å². The van der Waals surface area contributed by atoms with Crippen LogP contribution < -0.4 is 10.6 Å². The fraction of sp³-hybridized carbons (Fsp3) is 0.296. The first-order valence-corrected chi connectivity index (χ1v) is 12.9. The molecule has 2 N–H and O–H groups in total. The number of nitrogens with one attached hydrogen (secondary N) is 2. The third-order valence-electron chi connectivity index (χ3n) is 6.55. The fourth-order valence-electron chi connectivity index (χ4n) is 5.08. The van der Waals surface area contributed by atoms with Crippen molar-refractivity contribution in [2.45, 2.75) is 46.5 Å². The number of carbonyl (C=O) groups excluding carboxylic acids is 2. The van der Waals surface area contributed by atoms with Crippen molar-refractivity contribution < 1.29 is 9.59 Å². The van der Waals surface area contributed by atoms with Gasteiger partial charge in [-0.3, -0.25) is 14.9 Å². The van der Waals surface area contributed by atoms with Crippen molar-refractivity contribution in [3.05, 3.63) is 80.6 Å². The molecule has 34 heavy (non-hydrogen) atoms. The standard InChI is InChI=1S/C27H26BrN3O2S/c1-14-7-5-6-8-17(14)23-22(15(2)29-19-12-27(3,4)13-20(32)24(19)23)25(33)31-26-30-18-10-9-16(28)11-21(18)34-26/h5-11,23,29H,12-13H2,1-4H3,(H,30,31,33)/t23-/m0/s1. The van der Waals surface area contributed by atoms with E-state index < -0.39 is 5.92 Å². The molecule has 5 nitrogen and oxygen atoms in total. The van der Waals surface area contributed by atoms with Gasteiger partial charge in [-0.15, -0.1) is 0 Å². The molecule has 2 aromatic carbocycles. The van der Waals surface area contributed by atoms with Gasteiger partial charge in [-0.05, 0) is 55.0 Å². The second kappa shape index (κ2) is 8.47. The van der Waals surface area contributed by atoms with Gasteiger partial charge in [-0.2, -0.15) is 0 Å². The fourth-order valence-corrected chi connectivity index (χ4v) is 6.49. The van der Waals surface area contributed by atoms with Crippen molar-refractivity contribution in [3.63, 3.8) is 0 Å². The SMILES string of the molecule is CC1=C(C(=O)Nc2nc3ccc(Br)cc3s2)[C@H](c2ccccc2C)C2=C(CC(C)(C)CC2=O)N1. The van der Waals surface area contributed by atoms with E-state index in [1.54, 1.807) is 0 Å². The van der Waals surface area contributed by atoms with Crippen LogP contribution >= 0.6 is 27.3 Å². The zero-order valence-electron chi connectivity index (χ0n) is 19.6. The van der Waals surface area contributed by atoms with E-state index >= 15 is 0 Å². The first kappa shape index (κ1) is 23.0. The van der Waals surface area contributed by atoms with Crippen LogP contribution in [0.15, 0.2) is 69.5 Å². The monoisotopic (exact) mass is 535 g/mol. The van der Waals surface area contributed by atoms with E-state index in [-0.39, 0.29) is 17.1 Å². The molecule has 1 atom stereocenters. The molecule has 0 unspecified atom stereocenters. The van der Waals surface area contributed by atoms with Gasteiger partial charge in [-0.1, -0.05) is 65.4 Å². The molecular weight excluding hydrogens is 510 g/mol. The number of carbonyl (C=O) groups is 2. The number of fused-ring (bicyclic) bond motifs is 1. The molecule has 2 heterocycles. The smallest absolute Gasteiger partial charge is 0.256 e. The van der Waals surface area contributed by atoms with Crippen LogP contribution in [0.1, 0.15) is 50.7 Å². The van der Waals surface area contributed by atoms with Crippen LogP contribution in [0.25, 0.3) is 10.2 Å². The summed E-state index contributed by atoms with van der Waals surface area (Å²) < 4.78 is 1.96. The maximum absolute atomic E-state index is 13.7. The predicted molar refractivity (Wildman–Crippen MR) is 141 cm³/mol. The number of hydrogen-bond acceptors (Lipinski definition) is 5. The van der Waals surface area contributed by atoms with Crippen molar-refractivity contribution in [2.75, 3.05) is 5.32 Å². The highest BCUT2D eigenvalue weighted by Crippen LogP contribution is 2.47. The summed E-state index contributed by atoms with van der Waals surface area (Å²) in [7, 11) is 0. The number of aryl methyl sites for hydroxylation is 1. The normalized spacial score (nSPS) is 19.8. The Morgan fingerprint density at radius 3 is 2.71 bits per heavy atom. The topological polar surface area (TPSA) is 71.1 Å². The molecule has 2 aliphatic rings. The van der Waals surface area contributed by atoms with Crippen molar-refractivity contribution in [3.8, 4) is 0 Å². The lowest BCUT2D eigenvalue weighted by molar-refractivity contribution is -0.118. The van der Waals surface area contributed by atoms with Gasteiger partial charge >= 0.3 is 0 Å². The average molecular weight is 536 g/mol. The molecule has 5 rings (SSSR count). The highest BCUT2D eigenvalue weighted by molar-refractivity contribution is 9.10. The molecule has 1 aliphatic heterocycles. The Morgan fingerprint density at radius 2 is 1.94 bits per heavy atom. The molecule has 0 saturated carbocycles. The zero-order chi connectivity index (χ0) is 24.2. The molecule has 0 bridgehead atoms. The number of halogens is 1. The lowest BCUT2D eigenvalue weighted by Gasteiger charge is -2.40. The maximum atomic E-state index is 13.7. The van der Waals surface area contributed by atoms with Crippen LogP contribution in [0.2, 0.25) is 0 Å². The number of allylic oxidation sites excluding steroid dienone is 3. The van der Waals surface area contributed by atoms with E-state index in [2.05, 4.69) is 45.4 Å².